The molecule has 1 aromatic heterocycles. The molecule has 2 aromatic rings. The first kappa shape index (κ1) is 22.1. The molecule has 0 saturated carbocycles. The maximum atomic E-state index is 12.3. The molecule has 1 saturated heterocycles. The zero-order chi connectivity index (χ0) is 21.5. The number of nitrogens with one attached hydrogen (secondary N) is 1. The molecule has 8 heteroatoms. The molecular weight excluding hydrogens is 386 g/mol. The van der Waals surface area contributed by atoms with Gasteiger partial charge in [-0.3, -0.25) is 9.69 Å². The standard InChI is InChI=1S/C22H31N3O5/c1-15(2)25(12-16-7-5-9-19(27-3)21(16)28-4)13-20-24-18(14-30-20)22(26)23-11-17-8-6-10-29-17/h5,7,9,14-15,17H,6,8,10-13H2,1-4H3,(H,23,26). The maximum absolute atomic E-state index is 12.3. The number of hydrogen-bond donors (Lipinski definition) is 1. The third kappa shape index (κ3) is 5.52. The molecule has 1 N–H and O–H groups in total. The van der Waals surface area contributed by atoms with Gasteiger partial charge in [0.1, 0.15) is 6.26 Å². The number of hydrogen-bond acceptors (Lipinski definition) is 7. The highest BCUT2D eigenvalue weighted by Gasteiger charge is 2.21. The molecular formula is C22H31N3O5. The maximum Gasteiger partial charge on any atom is 0.273 e. The highest BCUT2D eigenvalue weighted by molar-refractivity contribution is 5.91. The van der Waals surface area contributed by atoms with Gasteiger partial charge in [0.25, 0.3) is 5.91 Å². The van der Waals surface area contributed by atoms with Gasteiger partial charge < -0.3 is 23.9 Å². The molecule has 0 spiro atoms. The number of amides is 1. The lowest BCUT2D eigenvalue weighted by Crippen LogP contribution is -2.32. The lowest BCUT2D eigenvalue weighted by molar-refractivity contribution is 0.0853. The van der Waals surface area contributed by atoms with Crippen LogP contribution in [0.15, 0.2) is 28.9 Å². The molecule has 1 aliphatic heterocycles. The average molecular weight is 418 g/mol. The van der Waals surface area contributed by atoms with Gasteiger partial charge in [0.2, 0.25) is 5.89 Å². The summed E-state index contributed by atoms with van der Waals surface area (Å²) in [5, 5.41) is 2.87. The fourth-order valence-electron chi connectivity index (χ4n) is 3.48. The predicted octanol–water partition coefficient (Wildman–Crippen LogP) is 3.01. The lowest BCUT2D eigenvalue weighted by atomic mass is 10.1. The Morgan fingerprint density at radius 3 is 2.80 bits per heavy atom. The number of rotatable bonds is 10. The number of methoxy groups -OCH3 is 2. The summed E-state index contributed by atoms with van der Waals surface area (Å²) in [5.41, 5.74) is 1.29. The van der Waals surface area contributed by atoms with Crippen LogP contribution in [0.1, 0.15) is 48.6 Å². The van der Waals surface area contributed by atoms with Crippen LogP contribution >= 0.6 is 0 Å². The van der Waals surface area contributed by atoms with Crippen LogP contribution in [0.3, 0.4) is 0 Å². The van der Waals surface area contributed by atoms with Crippen molar-refractivity contribution < 1.29 is 23.4 Å². The Hall–Kier alpha value is -2.58. The van der Waals surface area contributed by atoms with Crippen LogP contribution in [0.25, 0.3) is 0 Å². The Morgan fingerprint density at radius 1 is 1.30 bits per heavy atom. The largest absolute Gasteiger partial charge is 0.493 e. The van der Waals surface area contributed by atoms with Crippen molar-refractivity contribution in [2.24, 2.45) is 0 Å². The molecule has 2 heterocycles. The van der Waals surface area contributed by atoms with E-state index in [-0.39, 0.29) is 23.7 Å². The van der Waals surface area contributed by atoms with Crippen molar-refractivity contribution in [1.82, 2.24) is 15.2 Å². The summed E-state index contributed by atoms with van der Waals surface area (Å²) >= 11 is 0. The first-order valence-electron chi connectivity index (χ1n) is 10.3. The third-order valence-electron chi connectivity index (χ3n) is 5.23. The van der Waals surface area contributed by atoms with Gasteiger partial charge in [0.15, 0.2) is 17.2 Å². The molecule has 8 nitrogen and oxygen atoms in total. The monoisotopic (exact) mass is 417 g/mol. The normalized spacial score (nSPS) is 16.3. The van der Waals surface area contributed by atoms with Crippen LogP contribution in [-0.4, -0.2) is 55.3 Å². The number of benzene rings is 1. The molecule has 30 heavy (non-hydrogen) atoms. The molecule has 1 unspecified atom stereocenters. The molecule has 3 rings (SSSR count). The topological polar surface area (TPSA) is 86.1 Å². The van der Waals surface area contributed by atoms with E-state index in [4.69, 9.17) is 18.6 Å². The quantitative estimate of drug-likeness (QED) is 0.636. The Kier molecular flexibility index (Phi) is 7.70. The van der Waals surface area contributed by atoms with Gasteiger partial charge in [0, 0.05) is 31.3 Å². The minimum absolute atomic E-state index is 0.0922. The van der Waals surface area contributed by atoms with Gasteiger partial charge in [-0.25, -0.2) is 4.98 Å². The first-order valence-corrected chi connectivity index (χ1v) is 10.3. The van der Waals surface area contributed by atoms with E-state index in [9.17, 15) is 4.79 Å². The molecule has 0 bridgehead atoms. The second-order valence-electron chi connectivity index (χ2n) is 7.62. The second kappa shape index (κ2) is 10.4. The number of oxazole rings is 1. The van der Waals surface area contributed by atoms with Gasteiger partial charge >= 0.3 is 0 Å². The van der Waals surface area contributed by atoms with Crippen LogP contribution in [0.2, 0.25) is 0 Å². The Bertz CT molecular complexity index is 830. The number of carbonyl (C=O) groups excluding carboxylic acids is 1. The third-order valence-corrected chi connectivity index (χ3v) is 5.23. The van der Waals surface area contributed by atoms with E-state index < -0.39 is 0 Å². The van der Waals surface area contributed by atoms with Crippen molar-refractivity contribution in [3.05, 3.63) is 41.6 Å². The summed E-state index contributed by atoms with van der Waals surface area (Å²) in [7, 11) is 3.26. The number of aromatic nitrogens is 1. The number of ether oxygens (including phenoxy) is 3. The fraction of sp³-hybridized carbons (Fsp3) is 0.545. The minimum atomic E-state index is -0.244. The van der Waals surface area contributed by atoms with Gasteiger partial charge in [-0.05, 0) is 32.8 Å². The summed E-state index contributed by atoms with van der Waals surface area (Å²) in [6.45, 7) is 6.56. The molecule has 1 amide bonds. The Morgan fingerprint density at radius 2 is 2.13 bits per heavy atom. The van der Waals surface area contributed by atoms with Gasteiger partial charge in [0.05, 0.1) is 26.9 Å². The van der Waals surface area contributed by atoms with E-state index in [2.05, 4.69) is 29.0 Å². The summed E-state index contributed by atoms with van der Waals surface area (Å²) in [6, 6.07) is 6.05. The van der Waals surface area contributed by atoms with E-state index in [0.717, 1.165) is 25.0 Å². The molecule has 1 aromatic carbocycles. The van der Waals surface area contributed by atoms with Crippen molar-refractivity contribution in [2.45, 2.75) is 51.9 Å². The first-order chi connectivity index (χ1) is 14.5. The number of carbonyl (C=O) groups is 1. The summed E-state index contributed by atoms with van der Waals surface area (Å²) in [4.78, 5) is 18.9. The lowest BCUT2D eigenvalue weighted by Gasteiger charge is -2.26. The van der Waals surface area contributed by atoms with Crippen molar-refractivity contribution >= 4 is 5.91 Å². The smallest absolute Gasteiger partial charge is 0.273 e. The van der Waals surface area contributed by atoms with Crippen molar-refractivity contribution in [1.29, 1.82) is 0 Å². The van der Waals surface area contributed by atoms with Gasteiger partial charge in [-0.2, -0.15) is 0 Å². The summed E-state index contributed by atoms with van der Waals surface area (Å²) < 4.78 is 22.1. The van der Waals surface area contributed by atoms with E-state index in [1.54, 1.807) is 14.2 Å². The molecule has 1 aliphatic rings. The highest BCUT2D eigenvalue weighted by Crippen LogP contribution is 2.32. The van der Waals surface area contributed by atoms with Gasteiger partial charge in [-0.1, -0.05) is 12.1 Å². The summed E-state index contributed by atoms with van der Waals surface area (Å²) in [5.74, 6) is 1.66. The molecule has 164 valence electrons. The zero-order valence-electron chi connectivity index (χ0n) is 18.1. The molecule has 1 atom stereocenters. The highest BCUT2D eigenvalue weighted by atomic mass is 16.5. The molecule has 1 fully saturated rings. The second-order valence-corrected chi connectivity index (χ2v) is 7.62. The van der Waals surface area contributed by atoms with E-state index >= 15 is 0 Å². The zero-order valence-corrected chi connectivity index (χ0v) is 18.1. The Labute approximate surface area is 177 Å². The number of nitrogens with zero attached hydrogens (tertiary/aromatic N) is 2. The Balaban J connectivity index is 1.64. The van der Waals surface area contributed by atoms with E-state index in [1.807, 2.05) is 18.2 Å². The van der Waals surface area contributed by atoms with Crippen molar-refractivity contribution in [3.8, 4) is 11.5 Å². The summed E-state index contributed by atoms with van der Waals surface area (Å²) in [6.07, 6.45) is 3.51. The molecule has 0 aliphatic carbocycles. The fourth-order valence-corrected chi connectivity index (χ4v) is 3.48. The predicted molar refractivity (Wildman–Crippen MR) is 112 cm³/mol. The minimum Gasteiger partial charge on any atom is -0.493 e. The van der Waals surface area contributed by atoms with Crippen LogP contribution in [-0.2, 0) is 17.8 Å². The van der Waals surface area contributed by atoms with Crippen LogP contribution in [0.4, 0.5) is 0 Å². The van der Waals surface area contributed by atoms with Crippen LogP contribution < -0.4 is 14.8 Å². The van der Waals surface area contributed by atoms with Crippen molar-refractivity contribution in [3.63, 3.8) is 0 Å². The van der Waals surface area contributed by atoms with E-state index in [0.29, 0.717) is 37.0 Å². The average Bonchev–Trinajstić information content (AvgIpc) is 3.43. The molecule has 0 radical (unpaired) electrons. The SMILES string of the molecule is COc1cccc(CN(Cc2nc(C(=O)NCC3CCCO3)co2)C(C)C)c1OC. The van der Waals surface area contributed by atoms with Crippen LogP contribution in [0, 0.1) is 0 Å². The van der Waals surface area contributed by atoms with Gasteiger partial charge in [-0.15, -0.1) is 0 Å². The van der Waals surface area contributed by atoms with E-state index in [1.165, 1.54) is 6.26 Å². The van der Waals surface area contributed by atoms with Crippen molar-refractivity contribution in [2.75, 3.05) is 27.4 Å². The van der Waals surface area contributed by atoms with Crippen LogP contribution in [0.5, 0.6) is 11.5 Å². The number of para-hydroxylation sites is 1.